The summed E-state index contributed by atoms with van der Waals surface area (Å²) >= 11 is 0. The summed E-state index contributed by atoms with van der Waals surface area (Å²) in [7, 11) is 0. The zero-order valence-electron chi connectivity index (χ0n) is 6.89. The highest BCUT2D eigenvalue weighted by molar-refractivity contribution is 5.03. The summed E-state index contributed by atoms with van der Waals surface area (Å²) in [5, 5.41) is 19.0. The van der Waals surface area contributed by atoms with Crippen LogP contribution in [-0.2, 0) is 0 Å². The molecule has 0 aliphatic heterocycles. The fourth-order valence-electron chi connectivity index (χ4n) is 1.68. The Bertz CT molecular complexity index is 130. The van der Waals surface area contributed by atoms with Crippen molar-refractivity contribution < 1.29 is 10.2 Å². The molecule has 0 saturated heterocycles. The second-order valence-corrected chi connectivity index (χ2v) is 4.11. The molecule has 0 unspecified atom stereocenters. The van der Waals surface area contributed by atoms with Gasteiger partial charge in [0, 0.05) is 12.8 Å². The van der Waals surface area contributed by atoms with Crippen LogP contribution in [0.25, 0.3) is 0 Å². The smallest absolute Gasteiger partial charge is 0.0725 e. The van der Waals surface area contributed by atoms with Crippen molar-refractivity contribution in [2.45, 2.75) is 44.8 Å². The number of hydrogen-bond acceptors (Lipinski definition) is 2. The molecule has 2 heteroatoms. The fraction of sp³-hybridized carbons (Fsp3) is 1.00. The summed E-state index contributed by atoms with van der Waals surface area (Å²) < 4.78 is 0. The third kappa shape index (κ3) is 1.18. The van der Waals surface area contributed by atoms with E-state index in [2.05, 4.69) is 0 Å². The second kappa shape index (κ2) is 1.95. The van der Waals surface area contributed by atoms with E-state index in [4.69, 9.17) is 0 Å². The summed E-state index contributed by atoms with van der Waals surface area (Å²) in [6, 6.07) is 0. The van der Waals surface area contributed by atoms with Crippen LogP contribution >= 0.6 is 0 Å². The topological polar surface area (TPSA) is 40.5 Å². The van der Waals surface area contributed by atoms with Gasteiger partial charge >= 0.3 is 0 Å². The lowest BCUT2D eigenvalue weighted by Crippen LogP contribution is -2.57. The lowest BCUT2D eigenvalue weighted by atomic mass is 9.63. The van der Waals surface area contributed by atoms with E-state index in [1.807, 2.05) is 13.8 Å². The predicted octanol–water partition coefficient (Wildman–Crippen LogP) is 0.918. The van der Waals surface area contributed by atoms with Crippen LogP contribution in [0.4, 0.5) is 0 Å². The van der Waals surface area contributed by atoms with Gasteiger partial charge in [0.1, 0.15) is 0 Å². The van der Waals surface area contributed by atoms with Gasteiger partial charge < -0.3 is 10.2 Å². The molecular weight excluding hydrogens is 128 g/mol. The predicted molar refractivity (Wildman–Crippen MR) is 39.6 cm³/mol. The van der Waals surface area contributed by atoms with E-state index in [1.165, 1.54) is 0 Å². The Hall–Kier alpha value is -0.0800. The molecule has 60 valence electrons. The third-order valence-corrected chi connectivity index (χ3v) is 2.45. The molecule has 10 heavy (non-hydrogen) atoms. The number of hydrogen-bond donors (Lipinski definition) is 2. The first-order valence-corrected chi connectivity index (χ1v) is 3.80. The molecule has 0 atom stereocenters. The molecule has 0 aromatic carbocycles. The molecule has 1 aliphatic rings. The van der Waals surface area contributed by atoms with E-state index in [0.717, 1.165) is 0 Å². The average Bonchev–Trinajstić information content (AvgIpc) is 1.59. The molecule has 0 radical (unpaired) electrons. The molecule has 2 nitrogen and oxygen atoms in total. The molecule has 1 aliphatic carbocycles. The van der Waals surface area contributed by atoms with Crippen LogP contribution < -0.4 is 0 Å². The molecule has 1 rings (SSSR count). The monoisotopic (exact) mass is 144 g/mol. The number of rotatable bonds is 1. The van der Waals surface area contributed by atoms with Crippen molar-refractivity contribution in [3.63, 3.8) is 0 Å². The summed E-state index contributed by atoms with van der Waals surface area (Å²) in [6.45, 7) is 5.73. The van der Waals surface area contributed by atoms with E-state index in [1.54, 1.807) is 6.92 Å². The van der Waals surface area contributed by atoms with Crippen LogP contribution in [0, 0.1) is 5.92 Å². The maximum atomic E-state index is 9.66. The van der Waals surface area contributed by atoms with Crippen LogP contribution in [0.15, 0.2) is 0 Å². The molecule has 0 aromatic rings. The lowest BCUT2D eigenvalue weighted by molar-refractivity contribution is -0.191. The van der Waals surface area contributed by atoms with Gasteiger partial charge in [-0.1, -0.05) is 13.8 Å². The van der Waals surface area contributed by atoms with Crippen molar-refractivity contribution in [3.8, 4) is 0 Å². The Morgan fingerprint density at radius 3 is 1.70 bits per heavy atom. The van der Waals surface area contributed by atoms with Crippen molar-refractivity contribution in [2.75, 3.05) is 0 Å². The van der Waals surface area contributed by atoms with Gasteiger partial charge in [0.25, 0.3) is 0 Å². The van der Waals surface area contributed by atoms with Crippen LogP contribution in [0.3, 0.4) is 0 Å². The summed E-state index contributed by atoms with van der Waals surface area (Å²) in [6.07, 6.45) is 1.05. The zero-order chi connectivity index (χ0) is 7.99. The van der Waals surface area contributed by atoms with Crippen LogP contribution in [0.1, 0.15) is 33.6 Å². The highest BCUT2D eigenvalue weighted by Crippen LogP contribution is 2.45. The average molecular weight is 144 g/mol. The minimum absolute atomic E-state index is 0.257. The number of aliphatic hydroxyl groups is 2. The Balaban J connectivity index is 2.50. The molecule has 0 aromatic heterocycles. The van der Waals surface area contributed by atoms with Gasteiger partial charge in [0.15, 0.2) is 0 Å². The van der Waals surface area contributed by atoms with Crippen molar-refractivity contribution in [2.24, 2.45) is 5.92 Å². The van der Waals surface area contributed by atoms with Crippen LogP contribution in [0.5, 0.6) is 0 Å². The maximum absolute atomic E-state index is 9.66. The molecule has 0 spiro atoms. The quantitative estimate of drug-likeness (QED) is 0.574. The van der Waals surface area contributed by atoms with Crippen molar-refractivity contribution in [1.82, 2.24) is 0 Å². The second-order valence-electron chi connectivity index (χ2n) is 4.11. The SMILES string of the molecule is CC(C)C1(O)CC(C)(O)C1. The van der Waals surface area contributed by atoms with Crippen LogP contribution in [-0.4, -0.2) is 21.4 Å². The van der Waals surface area contributed by atoms with E-state index < -0.39 is 11.2 Å². The molecule has 0 heterocycles. The molecule has 1 saturated carbocycles. The highest BCUT2D eigenvalue weighted by Gasteiger charge is 2.51. The summed E-state index contributed by atoms with van der Waals surface area (Å²) in [5.74, 6) is 0.257. The van der Waals surface area contributed by atoms with Crippen molar-refractivity contribution in [3.05, 3.63) is 0 Å². The van der Waals surface area contributed by atoms with E-state index in [9.17, 15) is 10.2 Å². The van der Waals surface area contributed by atoms with Gasteiger partial charge in [0.05, 0.1) is 11.2 Å². The largest absolute Gasteiger partial charge is 0.390 e. The molecule has 1 fully saturated rings. The van der Waals surface area contributed by atoms with Gasteiger partial charge in [0.2, 0.25) is 0 Å². The summed E-state index contributed by atoms with van der Waals surface area (Å²) in [4.78, 5) is 0. The molecule has 0 amide bonds. The minimum Gasteiger partial charge on any atom is -0.390 e. The Labute approximate surface area is 61.9 Å². The van der Waals surface area contributed by atoms with Gasteiger partial charge in [-0.15, -0.1) is 0 Å². The van der Waals surface area contributed by atoms with Crippen molar-refractivity contribution in [1.29, 1.82) is 0 Å². The first-order valence-electron chi connectivity index (χ1n) is 3.80. The van der Waals surface area contributed by atoms with E-state index in [-0.39, 0.29) is 5.92 Å². The third-order valence-electron chi connectivity index (χ3n) is 2.45. The maximum Gasteiger partial charge on any atom is 0.0725 e. The Kier molecular flexibility index (Phi) is 1.57. The summed E-state index contributed by atoms with van der Waals surface area (Å²) in [5.41, 5.74) is -1.21. The Morgan fingerprint density at radius 1 is 1.20 bits per heavy atom. The van der Waals surface area contributed by atoms with Gasteiger partial charge in [-0.2, -0.15) is 0 Å². The molecule has 0 bridgehead atoms. The molecular formula is C8H16O2. The van der Waals surface area contributed by atoms with Crippen LogP contribution in [0.2, 0.25) is 0 Å². The fourth-order valence-corrected chi connectivity index (χ4v) is 1.68. The lowest BCUT2D eigenvalue weighted by Gasteiger charge is -2.50. The highest BCUT2D eigenvalue weighted by atomic mass is 16.3. The van der Waals surface area contributed by atoms with Gasteiger partial charge in [-0.25, -0.2) is 0 Å². The normalized spacial score (nSPS) is 47.4. The van der Waals surface area contributed by atoms with Gasteiger partial charge in [-0.3, -0.25) is 0 Å². The first-order chi connectivity index (χ1) is 4.36. The zero-order valence-corrected chi connectivity index (χ0v) is 6.89. The first kappa shape index (κ1) is 8.02. The van der Waals surface area contributed by atoms with E-state index >= 15 is 0 Å². The minimum atomic E-state index is -0.612. The van der Waals surface area contributed by atoms with Crippen molar-refractivity contribution >= 4 is 0 Å². The standard InChI is InChI=1S/C8H16O2/c1-6(2)8(10)4-7(3,9)5-8/h6,9-10H,4-5H2,1-3H3. The van der Waals surface area contributed by atoms with Gasteiger partial charge in [-0.05, 0) is 12.8 Å². The molecule has 2 N–H and O–H groups in total. The van der Waals surface area contributed by atoms with E-state index in [0.29, 0.717) is 12.8 Å². The Morgan fingerprint density at radius 2 is 1.60 bits per heavy atom.